The van der Waals surface area contributed by atoms with E-state index in [0.717, 1.165) is 6.42 Å². The fourth-order valence-electron chi connectivity index (χ4n) is 9.75. The van der Waals surface area contributed by atoms with Gasteiger partial charge in [-0.3, -0.25) is 0 Å². The molecule has 0 spiro atoms. The molecule has 0 unspecified atom stereocenters. The summed E-state index contributed by atoms with van der Waals surface area (Å²) in [5.41, 5.74) is 12.6. The molecule has 64 heavy (non-hydrogen) atoms. The molecule has 0 fully saturated rings. The maximum absolute atomic E-state index is 2.56. The van der Waals surface area contributed by atoms with Crippen LogP contribution in [0.15, 0.2) is 188 Å². The average molecular weight is 855 g/mol. The van der Waals surface area contributed by atoms with Gasteiger partial charge < -0.3 is 0 Å². The van der Waals surface area contributed by atoms with Crippen LogP contribution in [0.2, 0.25) is 0 Å². The maximum Gasteiger partial charge on any atom is 0.0434 e. The molecule has 0 bridgehead atoms. The molecule has 306 valence electrons. The number of fused-ring (bicyclic) bond motifs is 6. The zero-order valence-electron chi connectivity index (χ0n) is 36.2. The first kappa shape index (κ1) is 39.7. The first-order chi connectivity index (χ1) is 31.7. The van der Waals surface area contributed by atoms with Crippen molar-refractivity contribution >= 4 is 105 Å². The van der Waals surface area contributed by atoms with Crippen molar-refractivity contribution in [2.45, 2.75) is 27.2 Å². The lowest BCUT2D eigenvalue weighted by Gasteiger charge is -2.21. The molecule has 1 aliphatic carbocycles. The zero-order valence-corrected chi connectivity index (χ0v) is 37.9. The van der Waals surface area contributed by atoms with E-state index in [1.165, 1.54) is 123 Å². The third-order valence-electron chi connectivity index (χ3n) is 12.7. The Morgan fingerprint density at radius 2 is 1.08 bits per heavy atom. The number of hydrogen-bond acceptors (Lipinski definition) is 2. The molecule has 2 heterocycles. The molecule has 9 aromatic carbocycles. The Balaban J connectivity index is 0.00000225. The average Bonchev–Trinajstić information content (AvgIpc) is 3.56. The van der Waals surface area contributed by atoms with Gasteiger partial charge in [0.25, 0.3) is 0 Å². The quantitative estimate of drug-likeness (QED) is 0.115. The number of hydrogen-bond donors (Lipinski definition) is 0. The number of rotatable bonds is 6. The summed E-state index contributed by atoms with van der Waals surface area (Å²) in [5.74, 6) is 0. The summed E-state index contributed by atoms with van der Waals surface area (Å²) in [4.78, 5) is 2.59. The monoisotopic (exact) mass is 854 g/mol. The van der Waals surface area contributed by atoms with Crippen molar-refractivity contribution in [1.82, 2.24) is 0 Å². The van der Waals surface area contributed by atoms with Gasteiger partial charge >= 0.3 is 0 Å². The Bertz CT molecular complexity index is 3680. The van der Waals surface area contributed by atoms with Crippen molar-refractivity contribution in [2.75, 3.05) is 0 Å². The van der Waals surface area contributed by atoms with E-state index in [1.807, 2.05) is 36.5 Å². The number of allylic oxidation sites excluding steroid dienone is 1. The lowest BCUT2D eigenvalue weighted by molar-refractivity contribution is 1.47. The number of benzene rings is 9. The van der Waals surface area contributed by atoms with E-state index in [-0.39, 0.29) is 0 Å². The second-order valence-electron chi connectivity index (χ2n) is 16.3. The van der Waals surface area contributed by atoms with Gasteiger partial charge in [0.05, 0.1) is 0 Å². The summed E-state index contributed by atoms with van der Waals surface area (Å²) in [6, 6.07) is 69.1. The van der Waals surface area contributed by atoms with Crippen LogP contribution in [0.4, 0.5) is 0 Å². The molecular formula is C62H46S2. The van der Waals surface area contributed by atoms with Crippen molar-refractivity contribution in [3.63, 3.8) is 0 Å². The van der Waals surface area contributed by atoms with Crippen LogP contribution in [-0.4, -0.2) is 0 Å². The normalized spacial score (nSPS) is 12.4. The Labute approximate surface area is 383 Å². The minimum Gasteiger partial charge on any atom is -0.135 e. The van der Waals surface area contributed by atoms with Gasteiger partial charge in [-0.15, -0.1) is 22.7 Å². The predicted molar refractivity (Wildman–Crippen MR) is 285 cm³/mol. The third kappa shape index (κ3) is 6.82. The van der Waals surface area contributed by atoms with Crippen LogP contribution < -0.4 is 5.22 Å². The first-order valence-corrected chi connectivity index (χ1v) is 24.0. The molecule has 11 aromatic rings. The molecule has 2 aromatic heterocycles. The highest BCUT2D eigenvalue weighted by molar-refractivity contribution is 7.26. The molecule has 2 heteroatoms. The Hall–Kier alpha value is -7.10. The van der Waals surface area contributed by atoms with E-state index in [9.17, 15) is 0 Å². The maximum atomic E-state index is 2.56. The molecule has 0 radical (unpaired) electrons. The minimum absolute atomic E-state index is 0.826. The summed E-state index contributed by atoms with van der Waals surface area (Å²) in [7, 11) is 0. The Morgan fingerprint density at radius 1 is 0.453 bits per heavy atom. The van der Waals surface area contributed by atoms with Crippen LogP contribution in [0, 0.1) is 6.92 Å². The summed E-state index contributed by atoms with van der Waals surface area (Å²) in [6.45, 7) is 6.26. The Kier molecular flexibility index (Phi) is 10.5. The largest absolute Gasteiger partial charge is 0.135 e. The van der Waals surface area contributed by atoms with Crippen LogP contribution in [0.5, 0.6) is 0 Å². The van der Waals surface area contributed by atoms with Gasteiger partial charge in [0, 0.05) is 51.6 Å². The van der Waals surface area contributed by atoms with E-state index in [0.29, 0.717) is 0 Å². The van der Waals surface area contributed by atoms with Gasteiger partial charge in [-0.1, -0.05) is 202 Å². The van der Waals surface area contributed by atoms with Gasteiger partial charge in [-0.25, -0.2) is 0 Å². The van der Waals surface area contributed by atoms with Crippen LogP contribution >= 0.6 is 22.7 Å². The van der Waals surface area contributed by atoms with E-state index in [4.69, 9.17) is 0 Å². The molecule has 12 rings (SSSR count). The minimum atomic E-state index is 0.826. The molecule has 0 aliphatic heterocycles. The van der Waals surface area contributed by atoms with E-state index < -0.39 is 0 Å². The second kappa shape index (κ2) is 16.9. The smallest absolute Gasteiger partial charge is 0.0434 e. The van der Waals surface area contributed by atoms with Crippen molar-refractivity contribution in [1.29, 1.82) is 0 Å². The first-order valence-electron chi connectivity index (χ1n) is 22.4. The second-order valence-corrected chi connectivity index (χ2v) is 18.4. The summed E-state index contributed by atoms with van der Waals surface area (Å²) in [6.07, 6.45) is 10.6. The fourth-order valence-corrected chi connectivity index (χ4v) is 12.4. The zero-order chi connectivity index (χ0) is 43.1. The van der Waals surface area contributed by atoms with Gasteiger partial charge in [0.2, 0.25) is 0 Å². The molecule has 0 nitrogen and oxygen atoms in total. The molecule has 0 amide bonds. The topological polar surface area (TPSA) is 0 Å². The van der Waals surface area contributed by atoms with Crippen LogP contribution in [0.1, 0.15) is 47.4 Å². The van der Waals surface area contributed by atoms with Crippen LogP contribution in [0.25, 0.3) is 115 Å². The fraction of sp³-hybridized carbons (Fsp3) is 0.0645. The molecule has 0 N–H and O–H groups in total. The molecular weight excluding hydrogens is 809 g/mol. The van der Waals surface area contributed by atoms with E-state index in [2.05, 4.69) is 219 Å². The summed E-state index contributed by atoms with van der Waals surface area (Å²) >= 11 is 3.89. The molecule has 0 atom stereocenters. The number of aryl methyl sites for hydroxylation is 1. The van der Waals surface area contributed by atoms with Crippen LogP contribution in [-0.2, 0) is 0 Å². The lowest BCUT2D eigenvalue weighted by Crippen LogP contribution is -2.08. The summed E-state index contributed by atoms with van der Waals surface area (Å²) in [5, 5.41) is 11.8. The highest BCUT2D eigenvalue weighted by atomic mass is 32.1. The standard InChI is InChI=1S/C60H40S2.C2H6/c1-38-18-14-15-27-45(38)59-49(32-30-39-19-6-2-7-20-39)56-51-34-44(41-23-10-4-11-24-41)36-54-58(51)55(48-33-31-43(35-53(61-59)57(48)56)40-21-8-3-9-22-40)52-37-50(42-25-12-5-13-26-42)46-28-16-17-29-47(46)60(52)62-54;1-2/h2-30,32-37H,31H2,1H3;1-2H3/b32-30+;. The van der Waals surface area contributed by atoms with Gasteiger partial charge in [-0.2, -0.15) is 0 Å². The molecule has 0 saturated carbocycles. The van der Waals surface area contributed by atoms with E-state index in [1.54, 1.807) is 0 Å². The lowest BCUT2D eigenvalue weighted by atomic mass is 9.88. The highest BCUT2D eigenvalue weighted by Gasteiger charge is 2.25. The molecule has 1 aliphatic rings. The predicted octanol–water partition coefficient (Wildman–Crippen LogP) is 18.1. The third-order valence-corrected chi connectivity index (χ3v) is 15.0. The highest BCUT2D eigenvalue weighted by Crippen LogP contribution is 2.50. The van der Waals surface area contributed by atoms with E-state index >= 15 is 0 Å². The summed E-state index contributed by atoms with van der Waals surface area (Å²) < 4.78 is 2.63. The van der Waals surface area contributed by atoms with Gasteiger partial charge in [-0.05, 0) is 109 Å². The van der Waals surface area contributed by atoms with Gasteiger partial charge in [0.15, 0.2) is 0 Å². The van der Waals surface area contributed by atoms with Crippen molar-refractivity contribution < 1.29 is 0 Å². The van der Waals surface area contributed by atoms with Gasteiger partial charge in [0.1, 0.15) is 0 Å². The van der Waals surface area contributed by atoms with Crippen molar-refractivity contribution in [3.8, 4) is 32.7 Å². The van der Waals surface area contributed by atoms with Crippen molar-refractivity contribution in [2.24, 2.45) is 0 Å². The Morgan fingerprint density at radius 3 is 1.80 bits per heavy atom. The van der Waals surface area contributed by atoms with Crippen LogP contribution in [0.3, 0.4) is 0 Å². The molecule has 0 saturated heterocycles. The van der Waals surface area contributed by atoms with Crippen molar-refractivity contribution in [3.05, 3.63) is 220 Å². The SMILES string of the molecule is CC.Cc1ccccc1-c1sc2c3c(c4c5cc(-c6ccccc6)c6ccccc6c5sc5cc(-c6ccccc6)cc(c3c1/C=C/c1ccccc1)c54)=CCC(c1ccccc1)=C2.